The number of urea groups is 1. The SMILES string of the molecule is CCCN(CC(=O)O)CC(=O)NC(=O)Nc1ccccc1. The third-order valence-electron chi connectivity index (χ3n) is 2.55. The van der Waals surface area contributed by atoms with Crippen LogP contribution in [-0.4, -0.2) is 47.5 Å². The van der Waals surface area contributed by atoms with Gasteiger partial charge in [0.1, 0.15) is 0 Å². The lowest BCUT2D eigenvalue weighted by molar-refractivity contribution is -0.138. The van der Waals surface area contributed by atoms with Gasteiger partial charge >= 0.3 is 12.0 Å². The lowest BCUT2D eigenvalue weighted by Crippen LogP contribution is -2.43. The number of aliphatic carboxylic acids is 1. The minimum Gasteiger partial charge on any atom is -0.480 e. The Morgan fingerprint density at radius 2 is 1.81 bits per heavy atom. The minimum atomic E-state index is -1.01. The molecule has 0 atom stereocenters. The van der Waals surface area contributed by atoms with E-state index in [0.717, 1.165) is 6.42 Å². The van der Waals surface area contributed by atoms with Gasteiger partial charge in [0, 0.05) is 5.69 Å². The molecule has 0 unspecified atom stereocenters. The molecule has 0 fully saturated rings. The topological polar surface area (TPSA) is 98.7 Å². The van der Waals surface area contributed by atoms with Crippen LogP contribution in [-0.2, 0) is 9.59 Å². The maximum absolute atomic E-state index is 11.7. The van der Waals surface area contributed by atoms with Gasteiger partial charge in [-0.15, -0.1) is 0 Å². The van der Waals surface area contributed by atoms with E-state index in [9.17, 15) is 14.4 Å². The molecule has 3 amide bonds. The van der Waals surface area contributed by atoms with Crippen molar-refractivity contribution in [3.63, 3.8) is 0 Å². The second kappa shape index (κ2) is 8.70. The Kier molecular flexibility index (Phi) is 6.90. The number of amides is 3. The Hall–Kier alpha value is -2.41. The highest BCUT2D eigenvalue weighted by atomic mass is 16.4. The number of imide groups is 1. The number of carboxylic acids is 1. The van der Waals surface area contributed by atoms with Crippen molar-refractivity contribution in [1.82, 2.24) is 10.2 Å². The summed E-state index contributed by atoms with van der Waals surface area (Å²) in [5.41, 5.74) is 0.568. The third-order valence-corrected chi connectivity index (χ3v) is 2.55. The zero-order valence-electron chi connectivity index (χ0n) is 11.8. The molecule has 0 aliphatic rings. The first-order valence-electron chi connectivity index (χ1n) is 6.61. The molecule has 7 nitrogen and oxygen atoms in total. The van der Waals surface area contributed by atoms with Gasteiger partial charge in [0.15, 0.2) is 0 Å². The van der Waals surface area contributed by atoms with E-state index >= 15 is 0 Å². The fraction of sp³-hybridized carbons (Fsp3) is 0.357. The summed E-state index contributed by atoms with van der Waals surface area (Å²) in [6, 6.07) is 8.07. The number of para-hydroxylation sites is 1. The maximum Gasteiger partial charge on any atom is 0.325 e. The first kappa shape index (κ1) is 16.6. The minimum absolute atomic E-state index is 0.137. The van der Waals surface area contributed by atoms with Crippen molar-refractivity contribution < 1.29 is 19.5 Å². The number of carbonyl (C=O) groups is 3. The van der Waals surface area contributed by atoms with E-state index in [0.29, 0.717) is 12.2 Å². The Labute approximate surface area is 122 Å². The molecular weight excluding hydrogens is 274 g/mol. The van der Waals surface area contributed by atoms with Crippen LogP contribution in [0.1, 0.15) is 13.3 Å². The van der Waals surface area contributed by atoms with E-state index in [1.54, 1.807) is 24.3 Å². The summed E-state index contributed by atoms with van der Waals surface area (Å²) in [4.78, 5) is 35.5. The smallest absolute Gasteiger partial charge is 0.325 e. The number of carbonyl (C=O) groups excluding carboxylic acids is 2. The third kappa shape index (κ3) is 7.07. The monoisotopic (exact) mass is 293 g/mol. The first-order chi connectivity index (χ1) is 10.0. The quantitative estimate of drug-likeness (QED) is 0.700. The molecule has 0 saturated heterocycles. The molecular formula is C14H19N3O4. The number of hydrogen-bond donors (Lipinski definition) is 3. The standard InChI is InChI=1S/C14H19N3O4/c1-2-8-17(10-13(19)20)9-12(18)16-14(21)15-11-6-4-3-5-7-11/h3-7H,2,8-10H2,1H3,(H,19,20)(H2,15,16,18,21). The molecule has 3 N–H and O–H groups in total. The van der Waals surface area contributed by atoms with Crippen molar-refractivity contribution in [2.24, 2.45) is 0 Å². The van der Waals surface area contributed by atoms with Gasteiger partial charge < -0.3 is 10.4 Å². The molecule has 1 aromatic rings. The van der Waals surface area contributed by atoms with Crippen LogP contribution in [0.15, 0.2) is 30.3 Å². The number of rotatable bonds is 7. The predicted octanol–water partition coefficient (Wildman–Crippen LogP) is 1.13. The Bertz CT molecular complexity index is 490. The second-order valence-electron chi connectivity index (χ2n) is 4.47. The van der Waals surface area contributed by atoms with Gasteiger partial charge in [-0.05, 0) is 25.1 Å². The molecule has 1 aromatic carbocycles. The van der Waals surface area contributed by atoms with Crippen LogP contribution < -0.4 is 10.6 Å². The fourth-order valence-electron chi connectivity index (χ4n) is 1.77. The van der Waals surface area contributed by atoms with E-state index in [1.807, 2.05) is 13.0 Å². The summed E-state index contributed by atoms with van der Waals surface area (Å²) in [5, 5.41) is 13.4. The molecule has 7 heteroatoms. The number of hydrogen-bond acceptors (Lipinski definition) is 4. The zero-order valence-corrected chi connectivity index (χ0v) is 11.8. The summed E-state index contributed by atoms with van der Waals surface area (Å²) in [7, 11) is 0. The van der Waals surface area contributed by atoms with Crippen molar-refractivity contribution in [3.05, 3.63) is 30.3 Å². The van der Waals surface area contributed by atoms with Crippen LogP contribution in [0.3, 0.4) is 0 Å². The Morgan fingerprint density at radius 1 is 1.14 bits per heavy atom. The van der Waals surface area contributed by atoms with Crippen LogP contribution in [0.5, 0.6) is 0 Å². The van der Waals surface area contributed by atoms with E-state index in [1.165, 1.54) is 4.90 Å². The predicted molar refractivity (Wildman–Crippen MR) is 78.0 cm³/mol. The summed E-state index contributed by atoms with van der Waals surface area (Å²) in [5.74, 6) is -1.55. The van der Waals surface area contributed by atoms with Crippen LogP contribution in [0.25, 0.3) is 0 Å². The summed E-state index contributed by atoms with van der Waals surface area (Å²) >= 11 is 0. The zero-order chi connectivity index (χ0) is 15.7. The van der Waals surface area contributed by atoms with Crippen LogP contribution in [0.4, 0.5) is 10.5 Å². The van der Waals surface area contributed by atoms with Gasteiger partial charge in [-0.25, -0.2) is 4.79 Å². The Morgan fingerprint density at radius 3 is 2.38 bits per heavy atom. The van der Waals surface area contributed by atoms with Crippen LogP contribution >= 0.6 is 0 Å². The van der Waals surface area contributed by atoms with Gasteiger partial charge in [-0.2, -0.15) is 0 Å². The summed E-state index contributed by atoms with van der Waals surface area (Å²) in [6.45, 7) is 1.98. The lowest BCUT2D eigenvalue weighted by atomic mass is 10.3. The molecule has 0 aromatic heterocycles. The van der Waals surface area contributed by atoms with Gasteiger partial charge in [-0.1, -0.05) is 25.1 Å². The normalized spacial score (nSPS) is 10.2. The average Bonchev–Trinajstić information content (AvgIpc) is 2.38. The number of nitrogens with zero attached hydrogens (tertiary/aromatic N) is 1. The molecule has 0 spiro atoms. The molecule has 21 heavy (non-hydrogen) atoms. The van der Waals surface area contributed by atoms with Gasteiger partial charge in [-0.3, -0.25) is 19.8 Å². The van der Waals surface area contributed by atoms with Crippen molar-refractivity contribution in [2.45, 2.75) is 13.3 Å². The summed E-state index contributed by atoms with van der Waals surface area (Å²) in [6.07, 6.45) is 0.719. The molecule has 0 saturated carbocycles. The summed E-state index contributed by atoms with van der Waals surface area (Å²) < 4.78 is 0. The largest absolute Gasteiger partial charge is 0.480 e. The van der Waals surface area contributed by atoms with Gasteiger partial charge in [0.2, 0.25) is 5.91 Å². The highest BCUT2D eigenvalue weighted by Crippen LogP contribution is 2.04. The molecule has 0 aliphatic carbocycles. The number of nitrogens with one attached hydrogen (secondary N) is 2. The van der Waals surface area contributed by atoms with Gasteiger partial charge in [0.05, 0.1) is 13.1 Å². The van der Waals surface area contributed by atoms with Crippen molar-refractivity contribution >= 4 is 23.6 Å². The number of benzene rings is 1. The molecule has 114 valence electrons. The van der Waals surface area contributed by atoms with E-state index in [2.05, 4.69) is 10.6 Å². The first-order valence-corrected chi connectivity index (χ1v) is 6.61. The molecule has 0 heterocycles. The van der Waals surface area contributed by atoms with Crippen LogP contribution in [0.2, 0.25) is 0 Å². The molecule has 0 radical (unpaired) electrons. The highest BCUT2D eigenvalue weighted by Gasteiger charge is 2.15. The molecule has 0 bridgehead atoms. The van der Waals surface area contributed by atoms with Crippen LogP contribution in [0, 0.1) is 0 Å². The van der Waals surface area contributed by atoms with Crippen molar-refractivity contribution in [1.29, 1.82) is 0 Å². The average molecular weight is 293 g/mol. The maximum atomic E-state index is 11.7. The van der Waals surface area contributed by atoms with E-state index in [4.69, 9.17) is 5.11 Å². The van der Waals surface area contributed by atoms with Crippen molar-refractivity contribution in [3.8, 4) is 0 Å². The van der Waals surface area contributed by atoms with E-state index in [-0.39, 0.29) is 13.1 Å². The second-order valence-corrected chi connectivity index (χ2v) is 4.47. The lowest BCUT2D eigenvalue weighted by Gasteiger charge is -2.18. The highest BCUT2D eigenvalue weighted by molar-refractivity contribution is 6.01. The van der Waals surface area contributed by atoms with Gasteiger partial charge in [0.25, 0.3) is 0 Å². The molecule has 1 rings (SSSR count). The Balaban J connectivity index is 2.44. The van der Waals surface area contributed by atoms with E-state index < -0.39 is 17.9 Å². The number of carboxylic acid groups (broad SMARTS) is 1. The number of anilines is 1. The van der Waals surface area contributed by atoms with Crippen molar-refractivity contribution in [2.75, 3.05) is 25.0 Å². The molecule has 0 aliphatic heterocycles. The fourth-order valence-corrected chi connectivity index (χ4v) is 1.77.